The zero-order valence-electron chi connectivity index (χ0n) is 8.02. The van der Waals surface area contributed by atoms with E-state index in [2.05, 4.69) is 21.2 Å². The lowest BCUT2D eigenvalue weighted by Gasteiger charge is -2.06. The minimum absolute atomic E-state index is 0.729. The molecule has 0 fully saturated rings. The lowest BCUT2D eigenvalue weighted by molar-refractivity contribution is 0.198. The molecule has 0 amide bonds. The number of ether oxygens (including phenoxy) is 1. The van der Waals surface area contributed by atoms with Crippen LogP contribution in [0.4, 0.5) is 5.69 Å². The van der Waals surface area contributed by atoms with Gasteiger partial charge in [0, 0.05) is 30.4 Å². The minimum Gasteiger partial charge on any atom is -0.385 e. The summed E-state index contributed by atoms with van der Waals surface area (Å²) in [5, 5.41) is 4.01. The molecule has 1 aromatic rings. The number of halogens is 2. The average molecular weight is 279 g/mol. The van der Waals surface area contributed by atoms with Gasteiger partial charge in [-0.1, -0.05) is 11.6 Å². The Morgan fingerprint density at radius 3 is 2.93 bits per heavy atom. The Bertz CT molecular complexity index is 293. The number of hydrogen-bond donors (Lipinski definition) is 1. The molecule has 0 atom stereocenters. The van der Waals surface area contributed by atoms with E-state index < -0.39 is 0 Å². The van der Waals surface area contributed by atoms with Gasteiger partial charge in [0.15, 0.2) is 0 Å². The van der Waals surface area contributed by atoms with Crippen LogP contribution in [0.1, 0.15) is 6.42 Å². The molecule has 0 saturated carbocycles. The molecule has 0 aromatic heterocycles. The first-order chi connectivity index (χ1) is 6.74. The van der Waals surface area contributed by atoms with Crippen LogP contribution in [0, 0.1) is 0 Å². The fourth-order valence-corrected chi connectivity index (χ4v) is 1.55. The molecular weight excluding hydrogens is 265 g/mol. The summed E-state index contributed by atoms with van der Waals surface area (Å²) in [5.41, 5.74) is 1.07. The van der Waals surface area contributed by atoms with Crippen molar-refractivity contribution < 1.29 is 4.74 Å². The fraction of sp³-hybridized carbons (Fsp3) is 0.400. The van der Waals surface area contributed by atoms with E-state index in [1.54, 1.807) is 7.11 Å². The van der Waals surface area contributed by atoms with Gasteiger partial charge in [-0.3, -0.25) is 0 Å². The summed E-state index contributed by atoms with van der Waals surface area (Å²) in [7, 11) is 1.71. The molecule has 1 aromatic carbocycles. The molecule has 0 spiro atoms. The Hall–Kier alpha value is -0.250. The lowest BCUT2D eigenvalue weighted by atomic mass is 10.3. The van der Waals surface area contributed by atoms with Crippen molar-refractivity contribution in [3.63, 3.8) is 0 Å². The Kier molecular flexibility index (Phi) is 5.30. The molecule has 0 heterocycles. The van der Waals surface area contributed by atoms with Crippen molar-refractivity contribution in [2.24, 2.45) is 0 Å². The third-order valence-corrected chi connectivity index (χ3v) is 2.99. The van der Waals surface area contributed by atoms with Gasteiger partial charge < -0.3 is 10.1 Å². The van der Waals surface area contributed by atoms with E-state index in [0.717, 1.165) is 34.8 Å². The summed E-state index contributed by atoms with van der Waals surface area (Å²) in [4.78, 5) is 0. The Balaban J connectivity index is 2.39. The van der Waals surface area contributed by atoms with Gasteiger partial charge in [0.2, 0.25) is 0 Å². The maximum atomic E-state index is 5.87. The van der Waals surface area contributed by atoms with Crippen LogP contribution in [-0.2, 0) is 4.74 Å². The lowest BCUT2D eigenvalue weighted by Crippen LogP contribution is -2.04. The summed E-state index contributed by atoms with van der Waals surface area (Å²) in [5.74, 6) is 0. The Morgan fingerprint density at radius 2 is 2.29 bits per heavy atom. The molecule has 1 rings (SSSR count). The number of rotatable bonds is 5. The molecule has 0 unspecified atom stereocenters. The summed E-state index contributed by atoms with van der Waals surface area (Å²) in [6, 6.07) is 5.79. The molecular formula is C10H13BrClNO. The van der Waals surface area contributed by atoms with Crippen molar-refractivity contribution in [1.82, 2.24) is 0 Å². The second kappa shape index (κ2) is 6.27. The van der Waals surface area contributed by atoms with Crippen molar-refractivity contribution in [2.45, 2.75) is 6.42 Å². The van der Waals surface area contributed by atoms with Crippen molar-refractivity contribution in [2.75, 3.05) is 25.6 Å². The van der Waals surface area contributed by atoms with Crippen LogP contribution in [0.2, 0.25) is 5.02 Å². The Morgan fingerprint density at radius 1 is 1.50 bits per heavy atom. The van der Waals surface area contributed by atoms with Gasteiger partial charge in [-0.2, -0.15) is 0 Å². The van der Waals surface area contributed by atoms with Crippen LogP contribution in [0.5, 0.6) is 0 Å². The molecule has 0 saturated heterocycles. The monoisotopic (exact) mass is 277 g/mol. The third-order valence-electron chi connectivity index (χ3n) is 1.77. The van der Waals surface area contributed by atoms with Crippen LogP contribution in [0.15, 0.2) is 22.7 Å². The van der Waals surface area contributed by atoms with Crippen LogP contribution in [0.3, 0.4) is 0 Å². The Labute approximate surface area is 97.7 Å². The molecule has 1 N–H and O–H groups in total. The number of methoxy groups -OCH3 is 1. The molecule has 0 bridgehead atoms. The normalized spacial score (nSPS) is 10.2. The molecule has 4 heteroatoms. The predicted molar refractivity (Wildman–Crippen MR) is 64.1 cm³/mol. The highest BCUT2D eigenvalue weighted by atomic mass is 79.9. The van der Waals surface area contributed by atoms with Crippen molar-refractivity contribution in [3.05, 3.63) is 27.7 Å². The second-order valence-electron chi connectivity index (χ2n) is 2.90. The molecule has 0 aliphatic heterocycles. The van der Waals surface area contributed by atoms with E-state index in [0.29, 0.717) is 0 Å². The predicted octanol–water partition coefficient (Wildman–Crippen LogP) is 3.55. The van der Waals surface area contributed by atoms with Crippen LogP contribution < -0.4 is 5.32 Å². The largest absolute Gasteiger partial charge is 0.385 e. The van der Waals surface area contributed by atoms with Gasteiger partial charge in [0.05, 0.1) is 5.02 Å². The zero-order valence-corrected chi connectivity index (χ0v) is 10.4. The maximum Gasteiger partial charge on any atom is 0.0549 e. The smallest absolute Gasteiger partial charge is 0.0549 e. The average Bonchev–Trinajstić information content (AvgIpc) is 2.18. The molecule has 78 valence electrons. The SMILES string of the molecule is COCCCNc1ccc(Cl)c(Br)c1. The van der Waals surface area contributed by atoms with E-state index in [1.165, 1.54) is 0 Å². The summed E-state index contributed by atoms with van der Waals surface area (Å²) < 4.78 is 5.87. The zero-order chi connectivity index (χ0) is 10.4. The summed E-state index contributed by atoms with van der Waals surface area (Å²) in [6.07, 6.45) is 0.997. The van der Waals surface area contributed by atoms with E-state index in [9.17, 15) is 0 Å². The quantitative estimate of drug-likeness (QED) is 0.832. The highest BCUT2D eigenvalue weighted by Crippen LogP contribution is 2.25. The van der Waals surface area contributed by atoms with E-state index in [4.69, 9.17) is 16.3 Å². The first-order valence-electron chi connectivity index (χ1n) is 4.42. The van der Waals surface area contributed by atoms with Gasteiger partial charge >= 0.3 is 0 Å². The van der Waals surface area contributed by atoms with Crippen LogP contribution >= 0.6 is 27.5 Å². The van der Waals surface area contributed by atoms with Gasteiger partial charge in [0.25, 0.3) is 0 Å². The minimum atomic E-state index is 0.729. The first kappa shape index (κ1) is 11.8. The standard InChI is InChI=1S/C10H13BrClNO/c1-14-6-2-5-13-8-3-4-10(12)9(11)7-8/h3-4,7,13H,2,5-6H2,1H3. The third kappa shape index (κ3) is 3.86. The first-order valence-corrected chi connectivity index (χ1v) is 5.59. The van der Waals surface area contributed by atoms with E-state index in [1.807, 2.05) is 18.2 Å². The number of hydrogen-bond acceptors (Lipinski definition) is 2. The van der Waals surface area contributed by atoms with Gasteiger partial charge in [0.1, 0.15) is 0 Å². The van der Waals surface area contributed by atoms with E-state index >= 15 is 0 Å². The highest BCUT2D eigenvalue weighted by molar-refractivity contribution is 9.10. The van der Waals surface area contributed by atoms with Gasteiger partial charge in [-0.15, -0.1) is 0 Å². The summed E-state index contributed by atoms with van der Waals surface area (Å²) in [6.45, 7) is 1.68. The number of benzene rings is 1. The van der Waals surface area contributed by atoms with Gasteiger partial charge in [-0.25, -0.2) is 0 Å². The van der Waals surface area contributed by atoms with Crippen molar-refractivity contribution in [1.29, 1.82) is 0 Å². The van der Waals surface area contributed by atoms with Crippen molar-refractivity contribution in [3.8, 4) is 0 Å². The molecule has 14 heavy (non-hydrogen) atoms. The van der Waals surface area contributed by atoms with Crippen LogP contribution in [0.25, 0.3) is 0 Å². The molecule has 0 radical (unpaired) electrons. The maximum absolute atomic E-state index is 5.87. The fourth-order valence-electron chi connectivity index (χ4n) is 1.06. The topological polar surface area (TPSA) is 21.3 Å². The second-order valence-corrected chi connectivity index (χ2v) is 4.16. The van der Waals surface area contributed by atoms with Crippen LogP contribution in [-0.4, -0.2) is 20.3 Å². The molecule has 2 nitrogen and oxygen atoms in total. The summed E-state index contributed by atoms with van der Waals surface area (Å²) >= 11 is 9.24. The molecule has 0 aliphatic carbocycles. The highest BCUT2D eigenvalue weighted by Gasteiger charge is 1.97. The number of nitrogens with one attached hydrogen (secondary N) is 1. The molecule has 0 aliphatic rings. The van der Waals surface area contributed by atoms with Gasteiger partial charge in [-0.05, 0) is 40.5 Å². The van der Waals surface area contributed by atoms with Crippen molar-refractivity contribution >= 4 is 33.2 Å². The number of anilines is 1. The van der Waals surface area contributed by atoms with E-state index in [-0.39, 0.29) is 0 Å².